The average Bonchev–Trinajstić information content (AvgIpc) is 3.18. The van der Waals surface area contributed by atoms with Crippen molar-refractivity contribution >= 4 is 50.6 Å². The van der Waals surface area contributed by atoms with Crippen LogP contribution < -0.4 is 21.9 Å². The highest BCUT2D eigenvalue weighted by Crippen LogP contribution is 2.32. The van der Waals surface area contributed by atoms with Crippen molar-refractivity contribution in [2.75, 3.05) is 44.1 Å². The highest BCUT2D eigenvalue weighted by Gasteiger charge is 2.23. The minimum Gasteiger partial charge on any atom is -0.494 e. The summed E-state index contributed by atoms with van der Waals surface area (Å²) in [5.74, 6) is 1.84. The van der Waals surface area contributed by atoms with Gasteiger partial charge in [-0.05, 0) is 108 Å². The van der Waals surface area contributed by atoms with Gasteiger partial charge in [0.1, 0.15) is 45.4 Å². The molecule has 12 aromatic rings. The summed E-state index contributed by atoms with van der Waals surface area (Å²) in [6.45, 7) is 18.5. The number of ether oxygens (including phenoxy) is 2. The predicted molar refractivity (Wildman–Crippen MR) is 335 cm³/mol. The lowest BCUT2D eigenvalue weighted by Crippen LogP contribution is -2.31. The van der Waals surface area contributed by atoms with E-state index in [1.165, 1.54) is 0 Å². The minimum atomic E-state index is -0.457. The van der Waals surface area contributed by atoms with Crippen LogP contribution in [-0.2, 0) is 42.0 Å². The lowest BCUT2D eigenvalue weighted by molar-refractivity contribution is 0.0601. The Balaban J connectivity index is 0.000000145. The van der Waals surface area contributed by atoms with E-state index in [0.717, 1.165) is 94.4 Å². The molecule has 3 aromatic carbocycles. The zero-order valence-corrected chi connectivity index (χ0v) is 49.9. The molecule has 0 atom stereocenters. The Morgan fingerprint density at radius 1 is 0.580 bits per heavy atom. The van der Waals surface area contributed by atoms with Crippen molar-refractivity contribution in [2.45, 2.75) is 112 Å². The third-order valence-corrected chi connectivity index (χ3v) is 15.3. The molecule has 0 unspecified atom stereocenters. The Labute approximate surface area is 508 Å². The molecule has 27 heteroatoms. The normalized spacial score (nSPS) is 12.9. The van der Waals surface area contributed by atoms with E-state index in [0.29, 0.717) is 71.0 Å². The number of anilines is 3. The molecule has 27 nitrogen and oxygen atoms in total. The molecule has 0 spiro atoms. The summed E-state index contributed by atoms with van der Waals surface area (Å²) < 4.78 is 21.8. The monoisotopic (exact) mass is 1190 g/mol. The van der Waals surface area contributed by atoms with Gasteiger partial charge in [0.05, 0.1) is 91.1 Å². The predicted octanol–water partition coefficient (Wildman–Crippen LogP) is 7.71. The molecule has 1 fully saturated rings. The average molecular weight is 1190 g/mol. The van der Waals surface area contributed by atoms with Crippen LogP contribution in [0.1, 0.15) is 89.5 Å². The first-order valence-electron chi connectivity index (χ1n) is 28.6. The lowest BCUT2D eigenvalue weighted by atomic mass is 10.0. The number of methoxy groups -OCH3 is 1. The number of benzene rings is 3. The van der Waals surface area contributed by atoms with Gasteiger partial charge in [-0.1, -0.05) is 72.5 Å². The molecule has 0 aliphatic carbocycles. The number of aromatic nitrogens is 21. The Morgan fingerprint density at radius 3 is 1.64 bits per heavy atom. The van der Waals surface area contributed by atoms with Crippen LogP contribution in [-0.4, -0.2) is 136 Å². The Bertz CT molecular complexity index is 4350. The van der Waals surface area contributed by atoms with E-state index in [4.69, 9.17) is 31.8 Å². The van der Waals surface area contributed by atoms with E-state index in [2.05, 4.69) is 91.8 Å². The maximum Gasteiger partial charge on any atom is 0.221 e. The van der Waals surface area contributed by atoms with E-state index in [-0.39, 0.29) is 37.4 Å². The van der Waals surface area contributed by atoms with Gasteiger partial charge in [0.25, 0.3) is 0 Å². The van der Waals surface area contributed by atoms with Gasteiger partial charge in [-0.2, -0.15) is 15.3 Å². The second kappa shape index (κ2) is 25.8. The first-order chi connectivity index (χ1) is 41.9. The molecule has 0 saturated carbocycles. The molecule has 13 rings (SSSR count). The molecule has 1 aliphatic heterocycles. The number of rotatable bonds is 16. The van der Waals surface area contributed by atoms with Crippen LogP contribution in [0.4, 0.5) is 17.8 Å². The van der Waals surface area contributed by atoms with Gasteiger partial charge in [-0.25, -0.2) is 43.9 Å². The second-order valence-electron chi connectivity index (χ2n) is 22.8. The summed E-state index contributed by atoms with van der Waals surface area (Å²) in [4.78, 5) is 26.2. The number of para-hydroxylation sites is 2. The summed E-state index contributed by atoms with van der Waals surface area (Å²) in [7, 11) is 1.60. The maximum atomic E-state index is 9.49. The zero-order chi connectivity index (χ0) is 61.0. The van der Waals surface area contributed by atoms with Gasteiger partial charge in [0, 0.05) is 54.5 Å². The smallest absolute Gasteiger partial charge is 0.221 e. The fraction of sp³-hybridized carbons (Fsp3) is 0.361. The molecule has 7 N–H and O–H groups in total. The Kier molecular flexibility index (Phi) is 17.9. The third kappa shape index (κ3) is 13.6. The molecule has 88 heavy (non-hydrogen) atoms. The molecule has 1 saturated heterocycles. The Hall–Kier alpha value is -10.1. The third-order valence-electron chi connectivity index (χ3n) is 15.3. The quantitative estimate of drug-likeness (QED) is 0.0719. The van der Waals surface area contributed by atoms with Crippen molar-refractivity contribution < 1.29 is 14.6 Å². The first kappa shape index (κ1) is 61.0. The molecule has 9 aromatic heterocycles. The van der Waals surface area contributed by atoms with Gasteiger partial charge < -0.3 is 31.8 Å². The maximum absolute atomic E-state index is 9.49. The largest absolute Gasteiger partial charge is 0.494 e. The van der Waals surface area contributed by atoms with Gasteiger partial charge in [0.2, 0.25) is 17.8 Å². The molecule has 1 aliphatic rings. The van der Waals surface area contributed by atoms with Crippen LogP contribution in [0, 0.1) is 19.8 Å². The van der Waals surface area contributed by atoms with Gasteiger partial charge in [0.15, 0.2) is 0 Å². The molecule has 0 bridgehead atoms. The van der Waals surface area contributed by atoms with Gasteiger partial charge in [-0.15, -0.1) is 15.3 Å². The van der Waals surface area contributed by atoms with Crippen LogP contribution >= 0.6 is 0 Å². The number of aliphatic hydroxyl groups excluding tert-OH is 1. The van der Waals surface area contributed by atoms with Crippen LogP contribution in [0.5, 0.6) is 5.75 Å². The number of nitrogen functional groups attached to an aromatic ring is 3. The highest BCUT2D eigenvalue weighted by molar-refractivity contribution is 5.96. The summed E-state index contributed by atoms with van der Waals surface area (Å²) in [5.41, 5.74) is 28.2. The number of aliphatic hydroxyl groups is 1. The lowest BCUT2D eigenvalue weighted by Gasteiger charge is -2.23. The van der Waals surface area contributed by atoms with E-state index < -0.39 is 5.54 Å². The molecular weight excluding hydrogens is 1120 g/mol. The minimum absolute atomic E-state index is 0. The summed E-state index contributed by atoms with van der Waals surface area (Å²) in [6.07, 6.45) is 14.6. The highest BCUT2D eigenvalue weighted by atomic mass is 16.5. The SMILES string of the molecule is C.CCC(C)(C)n1ccc(Cn2cc(-c3nc(N)nc4c(C)cccc34)nn2)n1.COc1cccc2c(-c3cn(Cc4ccn(CC5CCOCC5)n4)nn3)nc(N)nc12.Cc1ccc2c(-c3cn(Cc4ccn(C(C)(C)CO)n4)nn3)nc(N)nc2c1. The van der Waals surface area contributed by atoms with Gasteiger partial charge >= 0.3 is 0 Å². The molecule has 0 amide bonds. The zero-order valence-electron chi connectivity index (χ0n) is 49.9. The fourth-order valence-corrected chi connectivity index (χ4v) is 10.00. The standard InChI is InChI=1S/C21H24N8O2.C20H24N8.C19H22N8O.CH4/c1-30-18-4-2-3-16-19(23-21(22)24-20(16)18)17-13-29(27-25-17)12-15-5-8-28(26-15)11-14-6-9-31-10-7-14;1-5-20(3,4)28-10-9-14(25-28)11-27-12-16(24-26-27)18-15-8-6-7-13(2)17(15)22-19(21)23-18;1-12-4-5-14-15(8-12)21-18(20)22-17(14)16-10-26(25-23-16)9-13-6-7-27(24-13)19(2,3)11-28;/h2-5,8,13-14H,6-7,9-12H2,1H3,(H2,22,23,24);6-10,12H,5,11H2,1-4H3,(H2,21,22,23);4-8,10,28H,9,11H2,1-3H3,(H2,20,21,22);1H4. The van der Waals surface area contributed by atoms with Crippen molar-refractivity contribution in [3.05, 3.63) is 138 Å². The summed E-state index contributed by atoms with van der Waals surface area (Å²) >= 11 is 0. The van der Waals surface area contributed by atoms with Crippen molar-refractivity contribution in [3.8, 4) is 39.9 Å². The fourth-order valence-electron chi connectivity index (χ4n) is 10.00. The van der Waals surface area contributed by atoms with E-state index in [1.54, 1.807) is 25.8 Å². The van der Waals surface area contributed by atoms with Crippen LogP contribution in [0.25, 0.3) is 66.9 Å². The molecule has 456 valence electrons. The van der Waals surface area contributed by atoms with Crippen molar-refractivity contribution in [2.24, 2.45) is 5.92 Å². The second-order valence-corrected chi connectivity index (χ2v) is 22.8. The number of fused-ring (bicyclic) bond motifs is 3. The Morgan fingerprint density at radius 2 is 1.08 bits per heavy atom. The molecular formula is C61H74N24O3. The van der Waals surface area contributed by atoms with Crippen molar-refractivity contribution in [3.63, 3.8) is 0 Å². The summed E-state index contributed by atoms with van der Waals surface area (Å²) in [5, 5.41) is 51.6. The first-order valence-corrected chi connectivity index (χ1v) is 28.6. The number of aryl methyl sites for hydroxylation is 2. The topological polar surface area (TPSA) is 340 Å². The molecule has 0 radical (unpaired) electrons. The molecule has 10 heterocycles. The number of nitrogens with two attached hydrogens (primary N) is 3. The van der Waals surface area contributed by atoms with E-state index in [9.17, 15) is 5.11 Å². The van der Waals surface area contributed by atoms with Gasteiger partial charge in [-0.3, -0.25) is 14.0 Å². The van der Waals surface area contributed by atoms with Crippen molar-refractivity contribution in [1.82, 2.24) is 104 Å². The van der Waals surface area contributed by atoms with E-state index >= 15 is 0 Å². The number of nitrogens with zero attached hydrogens (tertiary/aromatic N) is 21. The summed E-state index contributed by atoms with van der Waals surface area (Å²) in [6, 6.07) is 23.5. The number of hydrogen-bond acceptors (Lipinski definition) is 21. The van der Waals surface area contributed by atoms with Crippen LogP contribution in [0.2, 0.25) is 0 Å². The van der Waals surface area contributed by atoms with E-state index in [1.807, 2.05) is 147 Å². The van der Waals surface area contributed by atoms with Crippen LogP contribution in [0.15, 0.2) is 110 Å². The van der Waals surface area contributed by atoms with Crippen molar-refractivity contribution in [1.29, 1.82) is 0 Å². The number of hydrogen-bond donors (Lipinski definition) is 4. The van der Waals surface area contributed by atoms with Crippen LogP contribution in [0.3, 0.4) is 0 Å².